The Labute approximate surface area is 153 Å². The molecule has 1 unspecified atom stereocenters. The molecule has 1 atom stereocenters. The average Bonchev–Trinajstić information content (AvgIpc) is 3.09. The van der Waals surface area contributed by atoms with Gasteiger partial charge < -0.3 is 15.1 Å². The summed E-state index contributed by atoms with van der Waals surface area (Å²) in [5.74, 6) is 0.130. The maximum Gasteiger partial charge on any atom is 0.222 e. The summed E-state index contributed by atoms with van der Waals surface area (Å²) in [5.41, 5.74) is 3.47. The summed E-state index contributed by atoms with van der Waals surface area (Å²) in [7, 11) is 0. The number of fused-ring (bicyclic) bond motifs is 1. The highest BCUT2D eigenvalue weighted by atomic mass is 16.3. The Morgan fingerprint density at radius 3 is 2.77 bits per heavy atom. The monoisotopic (exact) mass is 361 g/mol. The molecule has 26 heavy (non-hydrogen) atoms. The molecule has 1 aliphatic heterocycles. The molecule has 0 saturated heterocycles. The van der Waals surface area contributed by atoms with Gasteiger partial charge in [0.15, 0.2) is 0 Å². The van der Waals surface area contributed by atoms with Crippen molar-refractivity contribution in [3.05, 3.63) is 34.9 Å². The molecule has 1 amide bonds. The third-order valence-electron chi connectivity index (χ3n) is 4.76. The Kier molecular flexibility index (Phi) is 5.73. The molecule has 1 aliphatic rings. The zero-order chi connectivity index (χ0) is 18.7. The van der Waals surface area contributed by atoms with Gasteiger partial charge in [-0.05, 0) is 38.8 Å². The van der Waals surface area contributed by atoms with E-state index in [1.165, 1.54) is 0 Å². The van der Waals surface area contributed by atoms with Crippen LogP contribution in [0.2, 0.25) is 0 Å². The van der Waals surface area contributed by atoms with Crippen LogP contribution in [0.25, 0.3) is 0 Å². The lowest BCUT2D eigenvalue weighted by Crippen LogP contribution is -2.30. The van der Waals surface area contributed by atoms with E-state index in [0.29, 0.717) is 31.7 Å². The minimum absolute atomic E-state index is 0.130. The molecule has 0 fully saturated rings. The van der Waals surface area contributed by atoms with Crippen molar-refractivity contribution in [3.8, 4) is 0 Å². The van der Waals surface area contributed by atoms with E-state index in [1.807, 2.05) is 34.2 Å². The van der Waals surface area contributed by atoms with Crippen LogP contribution < -0.4 is 0 Å². The fourth-order valence-electron chi connectivity index (χ4n) is 3.39. The van der Waals surface area contributed by atoms with Crippen LogP contribution in [-0.4, -0.2) is 53.7 Å². The number of aliphatic hydroxyl groups excluding tert-OH is 2. The molecule has 0 bridgehead atoms. The predicted molar refractivity (Wildman–Crippen MR) is 95.2 cm³/mol. The summed E-state index contributed by atoms with van der Waals surface area (Å²) in [4.78, 5) is 14.5. The second-order valence-electron chi connectivity index (χ2n) is 6.90. The molecule has 142 valence electrons. The molecule has 8 heteroatoms. The summed E-state index contributed by atoms with van der Waals surface area (Å²) in [6.07, 6.45) is 1.09. The molecule has 0 saturated carbocycles. The average molecular weight is 361 g/mol. The summed E-state index contributed by atoms with van der Waals surface area (Å²) >= 11 is 0. The van der Waals surface area contributed by atoms with Crippen LogP contribution in [0.1, 0.15) is 48.1 Å². The molecule has 0 aliphatic carbocycles. The topological polar surface area (TPSA) is 96.4 Å². The lowest BCUT2D eigenvalue weighted by atomic mass is 10.2. The molecule has 8 nitrogen and oxygen atoms in total. The second kappa shape index (κ2) is 8.01. The molecular formula is C18H27N5O3. The number of rotatable bonds is 6. The van der Waals surface area contributed by atoms with Gasteiger partial charge in [-0.1, -0.05) is 0 Å². The highest BCUT2D eigenvalue weighted by molar-refractivity contribution is 5.76. The number of carbonyl (C=O) groups is 1. The number of aromatic nitrogens is 4. The van der Waals surface area contributed by atoms with Crippen molar-refractivity contribution in [1.29, 1.82) is 0 Å². The number of amides is 1. The first kappa shape index (κ1) is 18.6. The van der Waals surface area contributed by atoms with E-state index >= 15 is 0 Å². The van der Waals surface area contributed by atoms with Crippen molar-refractivity contribution in [1.82, 2.24) is 24.5 Å². The molecule has 2 N–H and O–H groups in total. The van der Waals surface area contributed by atoms with Crippen LogP contribution in [0.3, 0.4) is 0 Å². The molecule has 3 heterocycles. The van der Waals surface area contributed by atoms with Crippen LogP contribution >= 0.6 is 0 Å². The number of aryl methyl sites for hydroxylation is 4. The Hall–Kier alpha value is -2.19. The maximum absolute atomic E-state index is 12.6. The number of nitrogens with zero attached hydrogens (tertiary/aromatic N) is 5. The quantitative estimate of drug-likeness (QED) is 0.798. The molecule has 2 aromatic rings. The van der Waals surface area contributed by atoms with Gasteiger partial charge in [-0.25, -0.2) is 0 Å². The number of carbonyl (C=O) groups excluding carboxylic acids is 1. The third kappa shape index (κ3) is 4.13. The van der Waals surface area contributed by atoms with Crippen LogP contribution in [0.5, 0.6) is 0 Å². The van der Waals surface area contributed by atoms with Crippen molar-refractivity contribution < 1.29 is 15.0 Å². The summed E-state index contributed by atoms with van der Waals surface area (Å²) < 4.78 is 3.78. The van der Waals surface area contributed by atoms with E-state index in [2.05, 4.69) is 10.2 Å². The summed E-state index contributed by atoms with van der Waals surface area (Å²) in [6.45, 7) is 6.29. The van der Waals surface area contributed by atoms with Crippen LogP contribution in [0, 0.1) is 13.8 Å². The predicted octanol–water partition coefficient (Wildman–Crippen LogP) is 0.935. The number of hydrogen-bond donors (Lipinski definition) is 2. The fraction of sp³-hybridized carbons (Fsp3) is 0.611. The van der Waals surface area contributed by atoms with Gasteiger partial charge in [0.2, 0.25) is 5.91 Å². The molecule has 0 radical (unpaired) electrons. The first-order valence-electron chi connectivity index (χ1n) is 9.12. The van der Waals surface area contributed by atoms with Gasteiger partial charge in [-0.15, -0.1) is 0 Å². The summed E-state index contributed by atoms with van der Waals surface area (Å²) in [5, 5.41) is 27.6. The highest BCUT2D eigenvalue weighted by Crippen LogP contribution is 2.19. The van der Waals surface area contributed by atoms with Crippen LogP contribution in [-0.2, 0) is 24.4 Å². The molecule has 3 rings (SSSR count). The first-order valence-corrected chi connectivity index (χ1v) is 9.12. The molecule has 0 spiro atoms. The standard InChI is InChI=1S/C18H27N5O3/c1-13-9-14(2)22(19-13)7-3-5-18(26)21-6-4-8-23-15(11-21)10-16(20-23)17(25)12-24/h9-10,17,24-25H,3-8,11-12H2,1-2H3. The molecular weight excluding hydrogens is 334 g/mol. The number of aliphatic hydroxyl groups is 2. The maximum atomic E-state index is 12.6. The minimum atomic E-state index is -0.973. The lowest BCUT2D eigenvalue weighted by Gasteiger charge is -2.20. The van der Waals surface area contributed by atoms with Crippen LogP contribution in [0.4, 0.5) is 0 Å². The zero-order valence-electron chi connectivity index (χ0n) is 15.4. The van der Waals surface area contributed by atoms with Crippen molar-refractivity contribution in [2.75, 3.05) is 13.2 Å². The van der Waals surface area contributed by atoms with Gasteiger partial charge in [0.1, 0.15) is 6.10 Å². The minimum Gasteiger partial charge on any atom is -0.393 e. The van der Waals surface area contributed by atoms with Gasteiger partial charge in [0.25, 0.3) is 0 Å². The zero-order valence-corrected chi connectivity index (χ0v) is 15.4. The van der Waals surface area contributed by atoms with Gasteiger partial charge in [-0.2, -0.15) is 10.2 Å². The molecule has 2 aromatic heterocycles. The Morgan fingerprint density at radius 2 is 2.08 bits per heavy atom. The van der Waals surface area contributed by atoms with E-state index in [9.17, 15) is 9.90 Å². The fourth-order valence-corrected chi connectivity index (χ4v) is 3.39. The van der Waals surface area contributed by atoms with Crippen molar-refractivity contribution in [2.45, 2.75) is 58.8 Å². The Bertz CT molecular complexity index is 767. The molecule has 0 aromatic carbocycles. The van der Waals surface area contributed by atoms with Gasteiger partial charge in [0, 0.05) is 31.7 Å². The summed E-state index contributed by atoms with van der Waals surface area (Å²) in [6, 6.07) is 3.82. The smallest absolute Gasteiger partial charge is 0.222 e. The van der Waals surface area contributed by atoms with E-state index in [4.69, 9.17) is 5.11 Å². The van der Waals surface area contributed by atoms with Crippen LogP contribution in [0.15, 0.2) is 12.1 Å². The van der Waals surface area contributed by atoms with E-state index in [1.54, 1.807) is 6.07 Å². The Balaban J connectivity index is 1.57. The van der Waals surface area contributed by atoms with Crippen molar-refractivity contribution >= 4 is 5.91 Å². The van der Waals surface area contributed by atoms with Gasteiger partial charge in [0.05, 0.1) is 30.2 Å². The number of hydrogen-bond acceptors (Lipinski definition) is 5. The lowest BCUT2D eigenvalue weighted by molar-refractivity contribution is -0.132. The second-order valence-corrected chi connectivity index (χ2v) is 6.90. The van der Waals surface area contributed by atoms with E-state index in [-0.39, 0.29) is 12.5 Å². The highest BCUT2D eigenvalue weighted by Gasteiger charge is 2.22. The largest absolute Gasteiger partial charge is 0.393 e. The SMILES string of the molecule is Cc1cc(C)n(CCCC(=O)N2CCCn3nc(C(O)CO)cc3C2)n1. The third-order valence-corrected chi connectivity index (χ3v) is 4.76. The Morgan fingerprint density at radius 1 is 1.27 bits per heavy atom. The van der Waals surface area contributed by atoms with E-state index < -0.39 is 6.10 Å². The van der Waals surface area contributed by atoms with Gasteiger partial charge in [-0.3, -0.25) is 14.2 Å². The van der Waals surface area contributed by atoms with Gasteiger partial charge >= 0.3 is 0 Å². The normalized spacial score (nSPS) is 15.6. The first-order chi connectivity index (χ1) is 12.5. The van der Waals surface area contributed by atoms with Crippen molar-refractivity contribution in [2.24, 2.45) is 0 Å². The van der Waals surface area contributed by atoms with Crippen molar-refractivity contribution in [3.63, 3.8) is 0 Å². The van der Waals surface area contributed by atoms with E-state index in [0.717, 1.165) is 36.5 Å².